The summed E-state index contributed by atoms with van der Waals surface area (Å²) in [5, 5.41) is 2.87. The van der Waals surface area contributed by atoms with Crippen molar-refractivity contribution in [3.8, 4) is 0 Å². The van der Waals surface area contributed by atoms with Crippen molar-refractivity contribution in [2.45, 2.75) is 40.7 Å². The number of hydrogen-bond acceptors (Lipinski definition) is 4. The predicted octanol–water partition coefficient (Wildman–Crippen LogP) is 3.91. The number of methoxy groups -OCH3 is 1. The van der Waals surface area contributed by atoms with Gasteiger partial charge in [-0.2, -0.15) is 0 Å². The van der Waals surface area contributed by atoms with E-state index in [0.29, 0.717) is 34.2 Å². The molecule has 0 atom stereocenters. The lowest BCUT2D eigenvalue weighted by molar-refractivity contribution is 0.0599. The number of nitrogens with zero attached hydrogens (tertiary/aromatic N) is 1. The molecule has 0 saturated heterocycles. The van der Waals surface area contributed by atoms with Crippen LogP contribution in [0.2, 0.25) is 0 Å². The van der Waals surface area contributed by atoms with E-state index in [2.05, 4.69) is 36.0 Å². The van der Waals surface area contributed by atoms with Crippen LogP contribution in [0, 0.1) is 13.8 Å². The molecule has 1 heterocycles. The number of amides is 1. The minimum Gasteiger partial charge on any atom is -0.465 e. The molecule has 26 heavy (non-hydrogen) atoms. The van der Waals surface area contributed by atoms with Crippen molar-refractivity contribution in [3.05, 3.63) is 46.8 Å². The second kappa shape index (κ2) is 8.08. The number of carbonyl (C=O) groups is 2. The first-order valence-electron chi connectivity index (χ1n) is 8.75. The van der Waals surface area contributed by atoms with E-state index in [4.69, 9.17) is 4.74 Å². The fraction of sp³-hybridized carbons (Fsp3) is 0.400. The van der Waals surface area contributed by atoms with Crippen LogP contribution in [0.3, 0.4) is 0 Å². The van der Waals surface area contributed by atoms with Gasteiger partial charge in [0.15, 0.2) is 0 Å². The maximum absolute atomic E-state index is 12.6. The standard InChI is InChI=1S/C20H27N3O3/c1-7-23(12(2)3)16-10-8-15(9-11-16)22-19(24)18-13(4)17(14(5)21-18)20(25)26-6/h8-12,21H,7H2,1-6H3,(H,22,24). The Kier molecular flexibility index (Phi) is 6.08. The lowest BCUT2D eigenvalue weighted by Gasteiger charge is -2.27. The highest BCUT2D eigenvalue weighted by Crippen LogP contribution is 2.22. The highest BCUT2D eigenvalue weighted by molar-refractivity contribution is 6.06. The van der Waals surface area contributed by atoms with Gasteiger partial charge in [-0.1, -0.05) is 0 Å². The number of carbonyl (C=O) groups excluding carboxylic acids is 2. The Balaban J connectivity index is 2.19. The van der Waals surface area contributed by atoms with Crippen LogP contribution < -0.4 is 10.2 Å². The maximum Gasteiger partial charge on any atom is 0.339 e. The Morgan fingerprint density at radius 3 is 2.31 bits per heavy atom. The molecule has 0 saturated carbocycles. The van der Waals surface area contributed by atoms with Gasteiger partial charge in [-0.15, -0.1) is 0 Å². The third-order valence-electron chi connectivity index (χ3n) is 4.47. The number of nitrogens with one attached hydrogen (secondary N) is 2. The topological polar surface area (TPSA) is 74.4 Å². The Labute approximate surface area is 154 Å². The monoisotopic (exact) mass is 357 g/mol. The number of aryl methyl sites for hydroxylation is 1. The molecule has 0 aliphatic rings. The largest absolute Gasteiger partial charge is 0.465 e. The smallest absolute Gasteiger partial charge is 0.339 e. The van der Waals surface area contributed by atoms with Crippen molar-refractivity contribution in [3.63, 3.8) is 0 Å². The maximum atomic E-state index is 12.6. The highest BCUT2D eigenvalue weighted by Gasteiger charge is 2.22. The number of anilines is 2. The zero-order valence-electron chi connectivity index (χ0n) is 16.3. The first kappa shape index (κ1) is 19.6. The molecule has 2 rings (SSSR count). The summed E-state index contributed by atoms with van der Waals surface area (Å²) in [4.78, 5) is 29.7. The lowest BCUT2D eigenvalue weighted by Crippen LogP contribution is -2.30. The molecule has 1 amide bonds. The van der Waals surface area contributed by atoms with E-state index in [1.807, 2.05) is 24.3 Å². The van der Waals surface area contributed by atoms with Crippen LogP contribution in [0.4, 0.5) is 11.4 Å². The first-order valence-corrected chi connectivity index (χ1v) is 8.75. The number of hydrogen-bond donors (Lipinski definition) is 2. The van der Waals surface area contributed by atoms with Crippen molar-refractivity contribution in [1.82, 2.24) is 4.98 Å². The SMILES string of the molecule is CCN(c1ccc(NC(=O)c2[nH]c(C)c(C(=O)OC)c2C)cc1)C(C)C. The molecule has 6 nitrogen and oxygen atoms in total. The molecule has 0 fully saturated rings. The van der Waals surface area contributed by atoms with Gasteiger partial charge in [-0.3, -0.25) is 4.79 Å². The normalized spacial score (nSPS) is 10.7. The van der Waals surface area contributed by atoms with Crippen LogP contribution in [0.5, 0.6) is 0 Å². The van der Waals surface area contributed by atoms with Gasteiger partial charge < -0.3 is 19.9 Å². The van der Waals surface area contributed by atoms with Gasteiger partial charge in [0, 0.05) is 29.7 Å². The molecule has 2 aromatic rings. The van der Waals surface area contributed by atoms with E-state index in [9.17, 15) is 9.59 Å². The summed E-state index contributed by atoms with van der Waals surface area (Å²) in [6, 6.07) is 8.15. The number of esters is 1. The number of rotatable bonds is 6. The average Bonchev–Trinajstić information content (AvgIpc) is 2.90. The van der Waals surface area contributed by atoms with Gasteiger partial charge in [0.1, 0.15) is 5.69 Å². The molecule has 0 spiro atoms. The van der Waals surface area contributed by atoms with Gasteiger partial charge in [0.05, 0.1) is 12.7 Å². The van der Waals surface area contributed by atoms with Gasteiger partial charge in [0.2, 0.25) is 0 Å². The van der Waals surface area contributed by atoms with Crippen molar-refractivity contribution < 1.29 is 14.3 Å². The summed E-state index contributed by atoms with van der Waals surface area (Å²) < 4.78 is 4.78. The summed E-state index contributed by atoms with van der Waals surface area (Å²) in [6.45, 7) is 10.8. The molecular weight excluding hydrogens is 330 g/mol. The molecule has 140 valence electrons. The van der Waals surface area contributed by atoms with Gasteiger partial charge in [0.25, 0.3) is 5.91 Å². The van der Waals surface area contributed by atoms with Crippen LogP contribution in [0.1, 0.15) is 52.9 Å². The number of aromatic amines is 1. The van der Waals surface area contributed by atoms with E-state index in [-0.39, 0.29) is 5.91 Å². The van der Waals surface area contributed by atoms with Crippen molar-refractivity contribution in [1.29, 1.82) is 0 Å². The lowest BCUT2D eigenvalue weighted by atomic mass is 10.1. The fourth-order valence-electron chi connectivity index (χ4n) is 3.16. The Bertz CT molecular complexity index is 791. The zero-order valence-corrected chi connectivity index (χ0v) is 16.3. The highest BCUT2D eigenvalue weighted by atomic mass is 16.5. The van der Waals surface area contributed by atoms with Gasteiger partial charge in [-0.05, 0) is 64.4 Å². The van der Waals surface area contributed by atoms with Crippen LogP contribution >= 0.6 is 0 Å². The number of H-pyrrole nitrogens is 1. The molecule has 2 N–H and O–H groups in total. The summed E-state index contributed by atoms with van der Waals surface area (Å²) in [6.07, 6.45) is 0. The molecule has 0 radical (unpaired) electrons. The molecule has 0 aliphatic carbocycles. The third kappa shape index (κ3) is 3.90. The summed E-state index contributed by atoms with van der Waals surface area (Å²) in [5.74, 6) is -0.738. The Morgan fingerprint density at radius 1 is 1.19 bits per heavy atom. The second-order valence-corrected chi connectivity index (χ2v) is 6.50. The molecule has 6 heteroatoms. The van der Waals surface area contributed by atoms with Crippen LogP contribution in [0.15, 0.2) is 24.3 Å². The summed E-state index contributed by atoms with van der Waals surface area (Å²) in [7, 11) is 1.33. The third-order valence-corrected chi connectivity index (χ3v) is 4.47. The van der Waals surface area contributed by atoms with Crippen LogP contribution in [-0.4, -0.2) is 36.6 Å². The Hall–Kier alpha value is -2.76. The summed E-state index contributed by atoms with van der Waals surface area (Å²) >= 11 is 0. The molecule has 1 aromatic carbocycles. The number of aromatic nitrogens is 1. The predicted molar refractivity (Wildman–Crippen MR) is 104 cm³/mol. The number of ether oxygens (including phenoxy) is 1. The minimum absolute atomic E-state index is 0.287. The second-order valence-electron chi connectivity index (χ2n) is 6.50. The molecule has 0 unspecified atom stereocenters. The fourth-order valence-corrected chi connectivity index (χ4v) is 3.16. The first-order chi connectivity index (χ1) is 12.3. The quantitative estimate of drug-likeness (QED) is 0.769. The van der Waals surface area contributed by atoms with E-state index in [1.165, 1.54) is 7.11 Å². The van der Waals surface area contributed by atoms with Crippen molar-refractivity contribution in [2.75, 3.05) is 23.9 Å². The van der Waals surface area contributed by atoms with Crippen LogP contribution in [-0.2, 0) is 4.74 Å². The van der Waals surface area contributed by atoms with E-state index < -0.39 is 5.97 Å². The van der Waals surface area contributed by atoms with Gasteiger partial charge >= 0.3 is 5.97 Å². The average molecular weight is 357 g/mol. The van der Waals surface area contributed by atoms with E-state index in [1.54, 1.807) is 13.8 Å². The van der Waals surface area contributed by atoms with E-state index >= 15 is 0 Å². The van der Waals surface area contributed by atoms with Crippen molar-refractivity contribution in [2.24, 2.45) is 0 Å². The molecule has 1 aromatic heterocycles. The summed E-state index contributed by atoms with van der Waals surface area (Å²) in [5.41, 5.74) is 3.78. The minimum atomic E-state index is -0.451. The Morgan fingerprint density at radius 2 is 1.81 bits per heavy atom. The zero-order chi connectivity index (χ0) is 19.4. The van der Waals surface area contributed by atoms with Crippen LogP contribution in [0.25, 0.3) is 0 Å². The molecular formula is C20H27N3O3. The van der Waals surface area contributed by atoms with Gasteiger partial charge in [-0.25, -0.2) is 4.79 Å². The number of benzene rings is 1. The van der Waals surface area contributed by atoms with Crippen molar-refractivity contribution >= 4 is 23.3 Å². The molecule has 0 aliphatic heterocycles. The molecule has 0 bridgehead atoms. The van der Waals surface area contributed by atoms with E-state index in [0.717, 1.165) is 12.2 Å².